The molecule has 2 rings (SSSR count). The molecule has 5 heteroatoms. The number of hydrogen-bond acceptors (Lipinski definition) is 3. The number of amides is 1. The number of carbonyl (C=O) groups is 1. The standard InChI is InChI=1S/C18H17ClN2O2/c1-12(2)14-5-3-4-6-16(14)21-18(22)11-23-17-8-7-13(10-20)9-15(17)19/h3-9,12H,11H2,1-2H3,(H,21,22). The summed E-state index contributed by atoms with van der Waals surface area (Å²) in [5, 5.41) is 11.9. The number of ether oxygens (including phenoxy) is 1. The first kappa shape index (κ1) is 16.9. The van der Waals surface area contributed by atoms with Crippen molar-refractivity contribution < 1.29 is 9.53 Å². The lowest BCUT2D eigenvalue weighted by atomic mass is 10.0. The molecule has 0 radical (unpaired) electrons. The summed E-state index contributed by atoms with van der Waals surface area (Å²) in [6, 6.07) is 14.3. The molecule has 2 aromatic rings. The number of hydrogen-bond donors (Lipinski definition) is 1. The van der Waals surface area contributed by atoms with Crippen LogP contribution in [-0.2, 0) is 4.79 Å². The Morgan fingerprint density at radius 2 is 2.04 bits per heavy atom. The number of nitrogens with zero attached hydrogens (tertiary/aromatic N) is 1. The van der Waals surface area contributed by atoms with Crippen LogP contribution in [0.2, 0.25) is 5.02 Å². The van der Waals surface area contributed by atoms with Crippen LogP contribution in [0.1, 0.15) is 30.9 Å². The maximum absolute atomic E-state index is 12.1. The summed E-state index contributed by atoms with van der Waals surface area (Å²) in [6.45, 7) is 3.98. The van der Waals surface area contributed by atoms with Crippen LogP contribution in [0.3, 0.4) is 0 Å². The molecule has 4 nitrogen and oxygen atoms in total. The number of halogens is 1. The first-order valence-electron chi connectivity index (χ1n) is 7.22. The topological polar surface area (TPSA) is 62.1 Å². The van der Waals surface area contributed by atoms with Gasteiger partial charge in [-0.05, 0) is 35.7 Å². The van der Waals surface area contributed by atoms with Gasteiger partial charge < -0.3 is 10.1 Å². The lowest BCUT2D eigenvalue weighted by Gasteiger charge is -2.14. The molecular formula is C18H17ClN2O2. The minimum Gasteiger partial charge on any atom is -0.482 e. The molecule has 1 amide bonds. The van der Waals surface area contributed by atoms with Crippen LogP contribution in [0.5, 0.6) is 5.75 Å². The van der Waals surface area contributed by atoms with E-state index in [1.165, 1.54) is 6.07 Å². The number of anilines is 1. The second-order valence-electron chi connectivity index (χ2n) is 5.34. The van der Waals surface area contributed by atoms with Crippen molar-refractivity contribution in [2.24, 2.45) is 0 Å². The van der Waals surface area contributed by atoms with Gasteiger partial charge in [-0.2, -0.15) is 5.26 Å². The smallest absolute Gasteiger partial charge is 0.262 e. The average Bonchev–Trinajstić information content (AvgIpc) is 2.54. The number of para-hydroxylation sites is 1. The van der Waals surface area contributed by atoms with Gasteiger partial charge in [0.1, 0.15) is 5.75 Å². The molecule has 0 atom stereocenters. The minimum absolute atomic E-state index is 0.155. The molecule has 0 spiro atoms. The van der Waals surface area contributed by atoms with Gasteiger partial charge in [0.15, 0.2) is 6.61 Å². The van der Waals surface area contributed by atoms with Crippen molar-refractivity contribution in [2.45, 2.75) is 19.8 Å². The molecule has 0 aromatic heterocycles. The van der Waals surface area contributed by atoms with Crippen LogP contribution in [0.25, 0.3) is 0 Å². The zero-order chi connectivity index (χ0) is 16.8. The fraction of sp³-hybridized carbons (Fsp3) is 0.222. The van der Waals surface area contributed by atoms with Gasteiger partial charge in [0, 0.05) is 5.69 Å². The minimum atomic E-state index is -0.265. The molecule has 1 N–H and O–H groups in total. The molecule has 23 heavy (non-hydrogen) atoms. The predicted molar refractivity (Wildman–Crippen MR) is 90.8 cm³/mol. The van der Waals surface area contributed by atoms with Crippen molar-refractivity contribution in [1.29, 1.82) is 5.26 Å². The predicted octanol–water partition coefficient (Wildman–Crippen LogP) is 4.35. The van der Waals surface area contributed by atoms with Gasteiger partial charge in [-0.25, -0.2) is 0 Å². The summed E-state index contributed by atoms with van der Waals surface area (Å²) in [6.07, 6.45) is 0. The molecule has 0 saturated carbocycles. The van der Waals surface area contributed by atoms with Crippen molar-refractivity contribution >= 4 is 23.2 Å². The fourth-order valence-electron chi connectivity index (χ4n) is 2.13. The van der Waals surface area contributed by atoms with E-state index in [1.54, 1.807) is 12.1 Å². The Morgan fingerprint density at radius 3 is 2.70 bits per heavy atom. The van der Waals surface area contributed by atoms with Gasteiger partial charge in [0.05, 0.1) is 16.7 Å². The summed E-state index contributed by atoms with van der Waals surface area (Å²) in [4.78, 5) is 12.1. The lowest BCUT2D eigenvalue weighted by Crippen LogP contribution is -2.21. The van der Waals surface area contributed by atoms with Gasteiger partial charge in [0.25, 0.3) is 5.91 Å². The van der Waals surface area contributed by atoms with E-state index in [0.717, 1.165) is 11.3 Å². The van der Waals surface area contributed by atoms with E-state index in [0.29, 0.717) is 22.3 Å². The number of rotatable bonds is 5. The van der Waals surface area contributed by atoms with Gasteiger partial charge in [-0.1, -0.05) is 43.6 Å². The lowest BCUT2D eigenvalue weighted by molar-refractivity contribution is -0.118. The normalized spacial score (nSPS) is 10.2. The first-order valence-corrected chi connectivity index (χ1v) is 7.60. The summed E-state index contributed by atoms with van der Waals surface area (Å²) in [7, 11) is 0. The highest BCUT2D eigenvalue weighted by Crippen LogP contribution is 2.26. The molecule has 0 saturated heterocycles. The Balaban J connectivity index is 2.00. The van der Waals surface area contributed by atoms with Crippen LogP contribution in [-0.4, -0.2) is 12.5 Å². The monoisotopic (exact) mass is 328 g/mol. The Bertz CT molecular complexity index is 751. The molecule has 0 bridgehead atoms. The van der Waals surface area contributed by atoms with Gasteiger partial charge in [-0.3, -0.25) is 4.79 Å². The fourth-order valence-corrected chi connectivity index (χ4v) is 2.37. The van der Waals surface area contributed by atoms with Crippen LogP contribution in [0, 0.1) is 11.3 Å². The Labute approximate surface area is 140 Å². The second-order valence-corrected chi connectivity index (χ2v) is 5.74. The Kier molecular flexibility index (Phi) is 5.61. The van der Waals surface area contributed by atoms with Gasteiger partial charge in [-0.15, -0.1) is 0 Å². The third-order valence-corrected chi connectivity index (χ3v) is 3.57. The van der Waals surface area contributed by atoms with E-state index in [9.17, 15) is 4.79 Å². The van der Waals surface area contributed by atoms with E-state index < -0.39 is 0 Å². The SMILES string of the molecule is CC(C)c1ccccc1NC(=O)COc1ccc(C#N)cc1Cl. The molecule has 2 aromatic carbocycles. The summed E-state index contributed by atoms with van der Waals surface area (Å²) in [5.74, 6) is 0.414. The van der Waals surface area contributed by atoms with Gasteiger partial charge in [0.2, 0.25) is 0 Å². The number of benzene rings is 2. The largest absolute Gasteiger partial charge is 0.482 e. The molecule has 0 aliphatic heterocycles. The zero-order valence-electron chi connectivity index (χ0n) is 13.0. The van der Waals surface area contributed by atoms with Crippen LogP contribution in [0.4, 0.5) is 5.69 Å². The Hall–Kier alpha value is -2.51. The second kappa shape index (κ2) is 7.66. The van der Waals surface area contributed by atoms with Crippen molar-refractivity contribution in [3.63, 3.8) is 0 Å². The molecule has 0 aliphatic carbocycles. The highest BCUT2D eigenvalue weighted by Gasteiger charge is 2.11. The maximum atomic E-state index is 12.1. The quantitative estimate of drug-likeness (QED) is 0.887. The van der Waals surface area contributed by atoms with E-state index in [-0.39, 0.29) is 12.5 Å². The van der Waals surface area contributed by atoms with Crippen LogP contribution >= 0.6 is 11.6 Å². The Morgan fingerprint density at radius 1 is 1.30 bits per heavy atom. The molecular weight excluding hydrogens is 312 g/mol. The summed E-state index contributed by atoms with van der Waals surface area (Å²) < 4.78 is 5.42. The molecule has 118 valence electrons. The number of nitrogens with one attached hydrogen (secondary N) is 1. The van der Waals surface area contributed by atoms with E-state index in [2.05, 4.69) is 19.2 Å². The number of nitriles is 1. The van der Waals surface area contributed by atoms with E-state index in [4.69, 9.17) is 21.6 Å². The number of carbonyl (C=O) groups excluding carboxylic acids is 1. The third kappa shape index (κ3) is 4.48. The average molecular weight is 329 g/mol. The summed E-state index contributed by atoms with van der Waals surface area (Å²) >= 11 is 6.01. The van der Waals surface area contributed by atoms with Crippen LogP contribution < -0.4 is 10.1 Å². The van der Waals surface area contributed by atoms with Crippen molar-refractivity contribution in [3.8, 4) is 11.8 Å². The molecule has 0 aliphatic rings. The third-order valence-electron chi connectivity index (χ3n) is 3.28. The van der Waals surface area contributed by atoms with Crippen molar-refractivity contribution in [3.05, 3.63) is 58.6 Å². The highest BCUT2D eigenvalue weighted by atomic mass is 35.5. The summed E-state index contributed by atoms with van der Waals surface area (Å²) in [5.41, 5.74) is 2.29. The first-order chi connectivity index (χ1) is 11.0. The van der Waals surface area contributed by atoms with E-state index in [1.807, 2.05) is 30.3 Å². The van der Waals surface area contributed by atoms with Crippen molar-refractivity contribution in [2.75, 3.05) is 11.9 Å². The molecule has 0 heterocycles. The molecule has 0 fully saturated rings. The van der Waals surface area contributed by atoms with Gasteiger partial charge >= 0.3 is 0 Å². The highest BCUT2D eigenvalue weighted by molar-refractivity contribution is 6.32. The van der Waals surface area contributed by atoms with E-state index >= 15 is 0 Å². The maximum Gasteiger partial charge on any atom is 0.262 e. The van der Waals surface area contributed by atoms with Crippen molar-refractivity contribution in [1.82, 2.24) is 0 Å². The zero-order valence-corrected chi connectivity index (χ0v) is 13.7. The molecule has 0 unspecified atom stereocenters. The van der Waals surface area contributed by atoms with Crippen LogP contribution in [0.15, 0.2) is 42.5 Å².